The summed E-state index contributed by atoms with van der Waals surface area (Å²) in [6.07, 6.45) is 2.33. The van der Waals surface area contributed by atoms with Gasteiger partial charge in [-0.2, -0.15) is 0 Å². The summed E-state index contributed by atoms with van der Waals surface area (Å²) in [5.41, 5.74) is 2.54. The lowest BCUT2D eigenvalue weighted by Crippen LogP contribution is -2.35. The Labute approximate surface area is 154 Å². The van der Waals surface area contributed by atoms with Crippen molar-refractivity contribution in [2.45, 2.75) is 51.3 Å². The molecule has 1 aromatic heterocycles. The maximum Gasteiger partial charge on any atom is 0.333 e. The molecule has 0 aliphatic rings. The highest BCUT2D eigenvalue weighted by Crippen LogP contribution is 2.32. The van der Waals surface area contributed by atoms with Crippen LogP contribution in [0, 0.1) is 6.92 Å². The fraction of sp³-hybridized carbons (Fsp3) is 0.389. The molecule has 0 unspecified atom stereocenters. The van der Waals surface area contributed by atoms with Crippen LogP contribution < -0.4 is 10.0 Å². The fourth-order valence-corrected chi connectivity index (χ4v) is 3.33. The van der Waals surface area contributed by atoms with Crippen LogP contribution in [0.5, 0.6) is 0 Å². The van der Waals surface area contributed by atoms with Gasteiger partial charge in [0.2, 0.25) is 0 Å². The maximum atomic E-state index is 12.4. The minimum Gasteiger partial charge on any atom is -0.307 e. The Morgan fingerprint density at radius 1 is 1.00 bits per heavy atom. The van der Waals surface area contributed by atoms with E-state index < -0.39 is 16.1 Å². The van der Waals surface area contributed by atoms with E-state index in [-0.39, 0.29) is 16.7 Å². The van der Waals surface area contributed by atoms with Crippen LogP contribution in [0.1, 0.15) is 56.5 Å². The Morgan fingerprint density at radius 2 is 1.50 bits per heavy atom. The number of anilines is 1. The van der Waals surface area contributed by atoms with Gasteiger partial charge in [0.05, 0.1) is 12.4 Å². The average Bonchev–Trinajstić information content (AvgIpc) is 2.54. The monoisotopic (exact) mass is 376 g/mol. The van der Waals surface area contributed by atoms with Crippen LogP contribution in [0.25, 0.3) is 0 Å². The zero-order valence-corrected chi connectivity index (χ0v) is 16.4. The molecule has 0 saturated carbocycles. The molecule has 1 heterocycles. The molecule has 0 saturated heterocycles. The number of para-hydroxylation sites is 1. The molecule has 26 heavy (non-hydrogen) atoms. The summed E-state index contributed by atoms with van der Waals surface area (Å²) < 4.78 is 26.7. The molecule has 2 rings (SSSR count). The van der Waals surface area contributed by atoms with Crippen molar-refractivity contribution in [2.24, 2.45) is 0 Å². The van der Waals surface area contributed by atoms with Gasteiger partial charge in [0.25, 0.3) is 10.0 Å². The molecule has 7 nitrogen and oxygen atoms in total. The van der Waals surface area contributed by atoms with Crippen molar-refractivity contribution in [3.8, 4) is 0 Å². The molecule has 8 heteroatoms. The van der Waals surface area contributed by atoms with Gasteiger partial charge in [0.1, 0.15) is 10.7 Å². The zero-order chi connectivity index (χ0) is 19.5. The first-order valence-corrected chi connectivity index (χ1v) is 9.85. The zero-order valence-electron chi connectivity index (χ0n) is 15.6. The molecule has 2 N–H and O–H groups in total. The molecule has 0 radical (unpaired) electrons. The topological polar surface area (TPSA) is 101 Å². The Bertz CT molecular complexity index is 865. The summed E-state index contributed by atoms with van der Waals surface area (Å²) in [6.45, 7) is 9.71. The van der Waals surface area contributed by atoms with Crippen LogP contribution in [0.2, 0.25) is 0 Å². The molecular formula is C18H24N4O3S. The lowest BCUT2D eigenvalue weighted by atomic mass is 9.93. The summed E-state index contributed by atoms with van der Waals surface area (Å²) >= 11 is 0. The Kier molecular flexibility index (Phi) is 5.97. The number of carbonyl (C=O) groups excluding carboxylic acids is 1. The van der Waals surface area contributed by atoms with Gasteiger partial charge in [-0.05, 0) is 29.9 Å². The van der Waals surface area contributed by atoms with Crippen LogP contribution in [-0.4, -0.2) is 24.4 Å². The molecule has 2 amide bonds. The molecule has 0 spiro atoms. The van der Waals surface area contributed by atoms with Crippen LogP contribution in [0.3, 0.4) is 0 Å². The molecule has 2 aromatic rings. The van der Waals surface area contributed by atoms with Crippen molar-refractivity contribution in [3.63, 3.8) is 0 Å². The highest BCUT2D eigenvalue weighted by atomic mass is 32.2. The van der Waals surface area contributed by atoms with E-state index in [9.17, 15) is 13.2 Å². The Balaban J connectivity index is 2.29. The predicted molar refractivity (Wildman–Crippen MR) is 101 cm³/mol. The number of urea groups is 1. The number of benzene rings is 1. The third kappa shape index (κ3) is 4.57. The number of carbonyl (C=O) groups is 1. The van der Waals surface area contributed by atoms with E-state index in [1.54, 1.807) is 6.92 Å². The molecule has 0 fully saturated rings. The minimum absolute atomic E-state index is 0.167. The number of nitrogens with one attached hydrogen (secondary N) is 2. The predicted octanol–water partition coefficient (Wildman–Crippen LogP) is 3.54. The number of rotatable bonds is 5. The largest absolute Gasteiger partial charge is 0.333 e. The van der Waals surface area contributed by atoms with Gasteiger partial charge in [-0.25, -0.2) is 27.9 Å². The minimum atomic E-state index is -4.05. The van der Waals surface area contributed by atoms with Gasteiger partial charge < -0.3 is 5.32 Å². The van der Waals surface area contributed by atoms with E-state index in [0.717, 1.165) is 11.1 Å². The normalized spacial score (nSPS) is 11.7. The molecule has 0 bridgehead atoms. The quantitative estimate of drug-likeness (QED) is 0.831. The number of hydrogen-bond donors (Lipinski definition) is 2. The fourth-order valence-electron chi connectivity index (χ4n) is 2.53. The maximum absolute atomic E-state index is 12.4. The molecular weight excluding hydrogens is 352 g/mol. The van der Waals surface area contributed by atoms with Crippen LogP contribution >= 0.6 is 0 Å². The highest BCUT2D eigenvalue weighted by Gasteiger charge is 2.21. The highest BCUT2D eigenvalue weighted by molar-refractivity contribution is 7.90. The standard InChI is InChI=1S/C18H24N4O3S/c1-11(2)15-7-6-8-16(12(3)4)17(15)21-18(23)22-26(24,25)14-9-19-13(5)20-10-14/h6-12H,1-5H3,(H2,21,22,23). The van der Waals surface area contributed by atoms with Gasteiger partial charge in [-0.3, -0.25) is 0 Å². The number of aromatic nitrogens is 2. The van der Waals surface area contributed by atoms with E-state index in [2.05, 4.69) is 15.3 Å². The molecule has 140 valence electrons. The number of nitrogens with zero attached hydrogens (tertiary/aromatic N) is 2. The van der Waals surface area contributed by atoms with Crippen molar-refractivity contribution in [1.29, 1.82) is 0 Å². The first-order chi connectivity index (χ1) is 12.1. The lowest BCUT2D eigenvalue weighted by Gasteiger charge is -2.20. The lowest BCUT2D eigenvalue weighted by molar-refractivity contribution is 0.256. The molecule has 0 aliphatic heterocycles. The number of sulfonamides is 1. The molecule has 0 aliphatic carbocycles. The van der Waals surface area contributed by atoms with Crippen molar-refractivity contribution in [3.05, 3.63) is 47.5 Å². The number of amides is 2. The third-order valence-corrected chi connectivity index (χ3v) is 5.19. The van der Waals surface area contributed by atoms with Gasteiger partial charge in [-0.15, -0.1) is 0 Å². The van der Waals surface area contributed by atoms with Gasteiger partial charge in [0.15, 0.2) is 0 Å². The number of aryl methyl sites for hydroxylation is 1. The Morgan fingerprint density at radius 3 is 1.96 bits per heavy atom. The summed E-state index contributed by atoms with van der Waals surface area (Å²) in [5.74, 6) is 0.790. The second-order valence-electron chi connectivity index (χ2n) is 6.65. The Hall–Kier alpha value is -2.48. The van der Waals surface area contributed by atoms with E-state index in [1.165, 1.54) is 12.4 Å². The van der Waals surface area contributed by atoms with E-state index in [0.29, 0.717) is 11.5 Å². The van der Waals surface area contributed by atoms with E-state index in [1.807, 2.05) is 50.6 Å². The van der Waals surface area contributed by atoms with Crippen LogP contribution in [-0.2, 0) is 10.0 Å². The third-order valence-electron chi connectivity index (χ3n) is 3.91. The van der Waals surface area contributed by atoms with Gasteiger partial charge in [0, 0.05) is 5.69 Å². The summed E-state index contributed by atoms with van der Waals surface area (Å²) in [6, 6.07) is 4.97. The molecule has 0 atom stereocenters. The van der Waals surface area contributed by atoms with E-state index >= 15 is 0 Å². The first kappa shape index (κ1) is 19.8. The summed E-state index contributed by atoms with van der Waals surface area (Å²) in [7, 11) is -4.05. The van der Waals surface area contributed by atoms with Crippen molar-refractivity contribution >= 4 is 21.7 Å². The van der Waals surface area contributed by atoms with Crippen LogP contribution in [0.4, 0.5) is 10.5 Å². The smallest absolute Gasteiger partial charge is 0.307 e. The first-order valence-electron chi connectivity index (χ1n) is 8.37. The number of hydrogen-bond acceptors (Lipinski definition) is 5. The average molecular weight is 376 g/mol. The van der Waals surface area contributed by atoms with Crippen LogP contribution in [0.15, 0.2) is 35.5 Å². The van der Waals surface area contributed by atoms with E-state index in [4.69, 9.17) is 0 Å². The summed E-state index contributed by atoms with van der Waals surface area (Å²) in [4.78, 5) is 19.9. The second-order valence-corrected chi connectivity index (χ2v) is 8.33. The van der Waals surface area contributed by atoms with Gasteiger partial charge in [-0.1, -0.05) is 45.9 Å². The van der Waals surface area contributed by atoms with Crippen molar-refractivity contribution < 1.29 is 13.2 Å². The molecule has 1 aromatic carbocycles. The van der Waals surface area contributed by atoms with Crippen molar-refractivity contribution in [1.82, 2.24) is 14.7 Å². The van der Waals surface area contributed by atoms with Gasteiger partial charge >= 0.3 is 6.03 Å². The van der Waals surface area contributed by atoms with Crippen molar-refractivity contribution in [2.75, 3.05) is 5.32 Å². The summed E-state index contributed by atoms with van der Waals surface area (Å²) in [5, 5.41) is 2.71. The SMILES string of the molecule is Cc1ncc(S(=O)(=O)NC(=O)Nc2c(C(C)C)cccc2C(C)C)cn1. The second kappa shape index (κ2) is 7.82.